The topological polar surface area (TPSA) is 94.0 Å². The minimum atomic E-state index is -0.915. The van der Waals surface area contributed by atoms with Crippen molar-refractivity contribution in [3.05, 3.63) is 29.8 Å². The zero-order valence-electron chi connectivity index (χ0n) is 14.3. The standard InChI is InChI=1S/C18H24N4O2/c1-12(2)18(3,11-19)22-16(23)10-20-15-7-5-4-6-14(15)17(24)21-13-8-9-13/h4-7,12-13,20H,8-10H2,1-3H3,(H,21,24)(H,22,23)/t18-/m0/s1. The molecular weight excluding hydrogens is 304 g/mol. The molecule has 1 aromatic carbocycles. The summed E-state index contributed by atoms with van der Waals surface area (Å²) in [5.74, 6) is -0.432. The van der Waals surface area contributed by atoms with E-state index in [9.17, 15) is 14.9 Å². The molecule has 0 heterocycles. The van der Waals surface area contributed by atoms with Gasteiger partial charge in [0.2, 0.25) is 5.91 Å². The molecule has 1 aliphatic carbocycles. The van der Waals surface area contributed by atoms with Crippen molar-refractivity contribution in [3.8, 4) is 6.07 Å². The van der Waals surface area contributed by atoms with Crippen LogP contribution in [0.25, 0.3) is 0 Å². The van der Waals surface area contributed by atoms with Crippen LogP contribution >= 0.6 is 0 Å². The third-order valence-electron chi connectivity index (χ3n) is 4.31. The van der Waals surface area contributed by atoms with Gasteiger partial charge in [-0.25, -0.2) is 0 Å². The van der Waals surface area contributed by atoms with Crippen molar-refractivity contribution in [2.45, 2.75) is 45.2 Å². The Hall–Kier alpha value is -2.55. The minimum absolute atomic E-state index is 0.00227. The summed E-state index contributed by atoms with van der Waals surface area (Å²) in [6.07, 6.45) is 2.04. The second kappa shape index (κ2) is 7.35. The monoisotopic (exact) mass is 328 g/mol. The molecule has 0 aliphatic heterocycles. The third kappa shape index (κ3) is 4.48. The minimum Gasteiger partial charge on any atom is -0.376 e. The third-order valence-corrected chi connectivity index (χ3v) is 4.31. The molecule has 24 heavy (non-hydrogen) atoms. The maximum Gasteiger partial charge on any atom is 0.253 e. The number of benzene rings is 1. The summed E-state index contributed by atoms with van der Waals surface area (Å²) in [6.45, 7) is 5.47. The number of nitrogens with one attached hydrogen (secondary N) is 3. The fourth-order valence-electron chi connectivity index (χ4n) is 2.14. The molecule has 0 aromatic heterocycles. The van der Waals surface area contributed by atoms with Gasteiger partial charge >= 0.3 is 0 Å². The SMILES string of the molecule is CC(C)[C@](C)(C#N)NC(=O)CNc1ccccc1C(=O)NC1CC1. The number of para-hydroxylation sites is 1. The number of rotatable bonds is 7. The molecule has 0 bridgehead atoms. The van der Waals surface area contributed by atoms with Crippen LogP contribution < -0.4 is 16.0 Å². The maximum absolute atomic E-state index is 12.2. The van der Waals surface area contributed by atoms with Gasteiger partial charge in [0.1, 0.15) is 5.54 Å². The molecule has 1 fully saturated rings. The van der Waals surface area contributed by atoms with E-state index in [1.54, 1.807) is 25.1 Å². The van der Waals surface area contributed by atoms with Crippen molar-refractivity contribution < 1.29 is 9.59 Å². The first-order valence-corrected chi connectivity index (χ1v) is 8.21. The molecule has 0 spiro atoms. The number of hydrogen-bond donors (Lipinski definition) is 3. The number of amides is 2. The highest BCUT2D eigenvalue weighted by atomic mass is 16.2. The molecule has 3 N–H and O–H groups in total. The van der Waals surface area contributed by atoms with Crippen molar-refractivity contribution in [2.75, 3.05) is 11.9 Å². The molecule has 1 aromatic rings. The van der Waals surface area contributed by atoms with Crippen LogP contribution in [0.2, 0.25) is 0 Å². The highest BCUT2D eigenvalue weighted by molar-refractivity contribution is 6.00. The van der Waals surface area contributed by atoms with E-state index in [4.69, 9.17) is 0 Å². The predicted molar refractivity (Wildman–Crippen MR) is 92.4 cm³/mol. The quantitative estimate of drug-likeness (QED) is 0.714. The fourth-order valence-corrected chi connectivity index (χ4v) is 2.14. The van der Waals surface area contributed by atoms with E-state index < -0.39 is 5.54 Å². The number of anilines is 1. The Bertz CT molecular complexity index is 661. The molecule has 1 aliphatic rings. The lowest BCUT2D eigenvalue weighted by Crippen LogP contribution is -2.50. The Morgan fingerprint density at radius 3 is 2.58 bits per heavy atom. The van der Waals surface area contributed by atoms with Gasteiger partial charge in [0.15, 0.2) is 0 Å². The summed E-state index contributed by atoms with van der Waals surface area (Å²) in [6, 6.07) is 9.51. The molecule has 6 nitrogen and oxygen atoms in total. The highest BCUT2D eigenvalue weighted by Gasteiger charge is 2.30. The van der Waals surface area contributed by atoms with Crippen molar-refractivity contribution in [1.29, 1.82) is 5.26 Å². The Kier molecular flexibility index (Phi) is 5.45. The van der Waals surface area contributed by atoms with Crippen LogP contribution in [-0.4, -0.2) is 29.9 Å². The van der Waals surface area contributed by atoms with Gasteiger partial charge in [0.05, 0.1) is 18.2 Å². The smallest absolute Gasteiger partial charge is 0.253 e. The lowest BCUT2D eigenvalue weighted by atomic mass is 9.90. The van der Waals surface area contributed by atoms with Crippen LogP contribution in [0.1, 0.15) is 44.0 Å². The number of carbonyl (C=O) groups excluding carboxylic acids is 2. The van der Waals surface area contributed by atoms with E-state index in [1.165, 1.54) is 0 Å². The molecule has 0 saturated heterocycles. The summed E-state index contributed by atoms with van der Waals surface area (Å²) in [4.78, 5) is 24.4. The average Bonchev–Trinajstić information content (AvgIpc) is 3.36. The second-order valence-electron chi connectivity index (χ2n) is 6.66. The van der Waals surface area contributed by atoms with Crippen LogP contribution in [0, 0.1) is 17.2 Å². The van der Waals surface area contributed by atoms with Gasteiger partial charge in [-0.1, -0.05) is 26.0 Å². The zero-order valence-corrected chi connectivity index (χ0v) is 14.3. The van der Waals surface area contributed by atoms with E-state index in [0.29, 0.717) is 11.3 Å². The summed E-state index contributed by atoms with van der Waals surface area (Å²) in [7, 11) is 0. The van der Waals surface area contributed by atoms with E-state index in [2.05, 4.69) is 22.0 Å². The largest absolute Gasteiger partial charge is 0.376 e. The first-order chi connectivity index (χ1) is 11.4. The normalized spacial score (nSPS) is 16.0. The lowest BCUT2D eigenvalue weighted by Gasteiger charge is -2.27. The number of nitrogens with zero attached hydrogens (tertiary/aromatic N) is 1. The molecule has 6 heteroatoms. The Balaban J connectivity index is 1.98. The molecule has 0 radical (unpaired) electrons. The molecule has 1 atom stereocenters. The summed E-state index contributed by atoms with van der Waals surface area (Å²) in [5, 5.41) is 17.9. The highest BCUT2D eigenvalue weighted by Crippen LogP contribution is 2.21. The van der Waals surface area contributed by atoms with E-state index in [-0.39, 0.29) is 30.3 Å². The van der Waals surface area contributed by atoms with E-state index >= 15 is 0 Å². The van der Waals surface area contributed by atoms with Crippen LogP contribution in [0.3, 0.4) is 0 Å². The van der Waals surface area contributed by atoms with Crippen LogP contribution in [0.15, 0.2) is 24.3 Å². The first kappa shape index (κ1) is 17.8. The van der Waals surface area contributed by atoms with Gasteiger partial charge in [-0.2, -0.15) is 5.26 Å². The van der Waals surface area contributed by atoms with Gasteiger partial charge in [0.25, 0.3) is 5.91 Å². The second-order valence-corrected chi connectivity index (χ2v) is 6.66. The summed E-state index contributed by atoms with van der Waals surface area (Å²) < 4.78 is 0. The van der Waals surface area contributed by atoms with Gasteiger partial charge in [-0.15, -0.1) is 0 Å². The van der Waals surface area contributed by atoms with Crippen molar-refractivity contribution in [2.24, 2.45) is 5.92 Å². The van der Waals surface area contributed by atoms with E-state index in [0.717, 1.165) is 12.8 Å². The summed E-state index contributed by atoms with van der Waals surface area (Å²) >= 11 is 0. The zero-order chi connectivity index (χ0) is 17.7. The van der Waals surface area contributed by atoms with Gasteiger partial charge in [-0.05, 0) is 37.8 Å². The first-order valence-electron chi connectivity index (χ1n) is 8.21. The predicted octanol–water partition coefficient (Wildman–Crippen LogP) is 2.05. The molecular formula is C18H24N4O2. The number of carbonyl (C=O) groups is 2. The van der Waals surface area contributed by atoms with Crippen molar-refractivity contribution >= 4 is 17.5 Å². The molecule has 2 rings (SSSR count). The maximum atomic E-state index is 12.2. The summed E-state index contributed by atoms with van der Waals surface area (Å²) in [5.41, 5.74) is 0.208. The molecule has 2 amide bonds. The van der Waals surface area contributed by atoms with Gasteiger partial charge in [0, 0.05) is 11.7 Å². The number of nitriles is 1. The molecule has 0 unspecified atom stereocenters. The van der Waals surface area contributed by atoms with Crippen molar-refractivity contribution in [3.63, 3.8) is 0 Å². The van der Waals surface area contributed by atoms with Gasteiger partial charge < -0.3 is 16.0 Å². The van der Waals surface area contributed by atoms with Crippen LogP contribution in [0.5, 0.6) is 0 Å². The fraction of sp³-hybridized carbons (Fsp3) is 0.500. The number of hydrogen-bond acceptors (Lipinski definition) is 4. The van der Waals surface area contributed by atoms with E-state index in [1.807, 2.05) is 19.9 Å². The Labute approximate surface area is 142 Å². The van der Waals surface area contributed by atoms with Gasteiger partial charge in [-0.3, -0.25) is 9.59 Å². The average molecular weight is 328 g/mol. The van der Waals surface area contributed by atoms with Crippen LogP contribution in [0.4, 0.5) is 5.69 Å². The van der Waals surface area contributed by atoms with Crippen LogP contribution in [-0.2, 0) is 4.79 Å². The Morgan fingerprint density at radius 2 is 2.00 bits per heavy atom. The lowest BCUT2D eigenvalue weighted by molar-refractivity contribution is -0.121. The van der Waals surface area contributed by atoms with Crippen molar-refractivity contribution in [1.82, 2.24) is 10.6 Å². The molecule has 128 valence electrons. The Morgan fingerprint density at radius 1 is 1.33 bits per heavy atom. The molecule has 1 saturated carbocycles.